The molecule has 0 unspecified atom stereocenters. The molecule has 0 aliphatic carbocycles. The minimum absolute atomic E-state index is 0.103. The van der Waals surface area contributed by atoms with E-state index in [1.54, 1.807) is 0 Å². The van der Waals surface area contributed by atoms with Gasteiger partial charge in [-0.1, -0.05) is 35.3 Å². The maximum atomic E-state index is 13.4. The predicted octanol–water partition coefficient (Wildman–Crippen LogP) is 4.33. The fourth-order valence-electron chi connectivity index (χ4n) is 1.30. The number of halogens is 4. The van der Waals surface area contributed by atoms with Crippen molar-refractivity contribution in [2.75, 3.05) is 0 Å². The molecule has 0 bridgehead atoms. The topological polar surface area (TPSA) is 12.9 Å². The molecular weight excluding hydrogens is 255 g/mol. The molecule has 1 aromatic heterocycles. The van der Waals surface area contributed by atoms with Crippen LogP contribution in [0.2, 0.25) is 10.2 Å². The molecule has 0 fully saturated rings. The van der Waals surface area contributed by atoms with Gasteiger partial charge in [-0.3, -0.25) is 0 Å². The first-order valence-corrected chi connectivity index (χ1v) is 5.10. The van der Waals surface area contributed by atoms with E-state index in [1.807, 2.05) is 0 Å². The molecule has 0 saturated carbocycles. The number of aromatic nitrogens is 1. The van der Waals surface area contributed by atoms with E-state index in [2.05, 4.69) is 4.98 Å². The van der Waals surface area contributed by atoms with Gasteiger partial charge >= 0.3 is 0 Å². The number of pyridine rings is 1. The molecular formula is C11H5Cl2F2N. The summed E-state index contributed by atoms with van der Waals surface area (Å²) in [5.41, 5.74) is 0.484. The maximum Gasteiger partial charge on any atom is 0.166 e. The van der Waals surface area contributed by atoms with Gasteiger partial charge in [0.05, 0.1) is 5.02 Å². The number of benzene rings is 1. The summed E-state index contributed by atoms with van der Waals surface area (Å²) < 4.78 is 26.4. The van der Waals surface area contributed by atoms with E-state index in [-0.39, 0.29) is 15.7 Å². The smallest absolute Gasteiger partial charge is 0.166 e. The van der Waals surface area contributed by atoms with Gasteiger partial charge in [-0.2, -0.15) is 0 Å². The van der Waals surface area contributed by atoms with E-state index in [1.165, 1.54) is 24.4 Å². The minimum atomic E-state index is -0.928. The second-order valence-corrected chi connectivity index (χ2v) is 3.86. The van der Waals surface area contributed by atoms with Crippen LogP contribution in [0.1, 0.15) is 0 Å². The van der Waals surface area contributed by atoms with Crippen LogP contribution in [-0.4, -0.2) is 4.98 Å². The van der Waals surface area contributed by atoms with Crippen molar-refractivity contribution in [3.8, 4) is 11.1 Å². The highest BCUT2D eigenvalue weighted by molar-refractivity contribution is 6.41. The third kappa shape index (κ3) is 2.01. The van der Waals surface area contributed by atoms with Gasteiger partial charge in [-0.25, -0.2) is 13.8 Å². The lowest BCUT2D eigenvalue weighted by Crippen LogP contribution is -1.90. The number of hydrogen-bond acceptors (Lipinski definition) is 1. The Bertz CT molecular complexity index is 544. The average Bonchev–Trinajstić information content (AvgIpc) is 2.26. The van der Waals surface area contributed by atoms with Crippen LogP contribution in [0.4, 0.5) is 8.78 Å². The number of nitrogens with zero attached hydrogens (tertiary/aromatic N) is 1. The molecule has 0 aliphatic rings. The van der Waals surface area contributed by atoms with Gasteiger partial charge in [0.25, 0.3) is 0 Å². The zero-order valence-corrected chi connectivity index (χ0v) is 9.36. The van der Waals surface area contributed by atoms with Crippen molar-refractivity contribution in [2.45, 2.75) is 0 Å². The lowest BCUT2D eigenvalue weighted by atomic mass is 10.1. The molecule has 0 atom stereocenters. The van der Waals surface area contributed by atoms with E-state index in [0.29, 0.717) is 5.56 Å². The van der Waals surface area contributed by atoms with Crippen molar-refractivity contribution in [3.63, 3.8) is 0 Å². The van der Waals surface area contributed by atoms with Crippen LogP contribution < -0.4 is 0 Å². The quantitative estimate of drug-likeness (QED) is 0.695. The van der Waals surface area contributed by atoms with Gasteiger partial charge in [-0.05, 0) is 12.1 Å². The second kappa shape index (κ2) is 4.36. The van der Waals surface area contributed by atoms with Gasteiger partial charge in [0, 0.05) is 17.3 Å². The van der Waals surface area contributed by atoms with Gasteiger partial charge < -0.3 is 0 Å². The Morgan fingerprint density at radius 3 is 2.56 bits per heavy atom. The van der Waals surface area contributed by atoms with Gasteiger partial charge in [0.1, 0.15) is 5.15 Å². The molecule has 5 heteroatoms. The van der Waals surface area contributed by atoms with E-state index in [0.717, 1.165) is 6.07 Å². The zero-order valence-electron chi connectivity index (χ0n) is 7.85. The summed E-state index contributed by atoms with van der Waals surface area (Å²) in [6.45, 7) is 0. The van der Waals surface area contributed by atoms with Crippen molar-refractivity contribution in [2.24, 2.45) is 0 Å². The molecule has 1 aromatic carbocycles. The largest absolute Gasteiger partial charge is 0.242 e. The molecule has 2 aromatic rings. The Labute approximate surface area is 101 Å². The third-order valence-corrected chi connectivity index (χ3v) is 2.74. The molecule has 0 spiro atoms. The van der Waals surface area contributed by atoms with Gasteiger partial charge in [0.2, 0.25) is 0 Å². The summed E-state index contributed by atoms with van der Waals surface area (Å²) in [6, 6.07) is 5.34. The normalized spacial score (nSPS) is 10.5. The van der Waals surface area contributed by atoms with Crippen LogP contribution in [0.3, 0.4) is 0 Å². The molecule has 82 valence electrons. The van der Waals surface area contributed by atoms with Gasteiger partial charge in [-0.15, -0.1) is 0 Å². The fraction of sp³-hybridized carbons (Fsp3) is 0. The molecule has 0 saturated heterocycles. The standard InChI is InChI=1S/C11H5Cl2F2N/c12-8-4-6(5-16-11(8)13)7-2-1-3-9(14)10(7)15/h1-5H. The second-order valence-electron chi connectivity index (χ2n) is 3.10. The van der Waals surface area contributed by atoms with Crippen LogP contribution in [0, 0.1) is 11.6 Å². The first-order chi connectivity index (χ1) is 7.59. The van der Waals surface area contributed by atoms with Crippen molar-refractivity contribution in [1.82, 2.24) is 4.98 Å². The Morgan fingerprint density at radius 1 is 1.12 bits per heavy atom. The van der Waals surface area contributed by atoms with Crippen molar-refractivity contribution < 1.29 is 8.78 Å². The predicted molar refractivity (Wildman–Crippen MR) is 59.6 cm³/mol. The van der Waals surface area contributed by atoms with Crippen molar-refractivity contribution in [3.05, 3.63) is 52.3 Å². The number of rotatable bonds is 1. The zero-order chi connectivity index (χ0) is 11.7. The van der Waals surface area contributed by atoms with Crippen LogP contribution in [-0.2, 0) is 0 Å². The highest BCUT2D eigenvalue weighted by Gasteiger charge is 2.11. The summed E-state index contributed by atoms with van der Waals surface area (Å²) in [5, 5.41) is 0.324. The fourth-order valence-corrected chi connectivity index (χ4v) is 1.56. The first kappa shape index (κ1) is 11.3. The summed E-state index contributed by atoms with van der Waals surface area (Å²) in [7, 11) is 0. The summed E-state index contributed by atoms with van der Waals surface area (Å²) >= 11 is 11.4. The Morgan fingerprint density at radius 2 is 1.88 bits per heavy atom. The Balaban J connectivity index is 2.59. The van der Waals surface area contributed by atoms with E-state index >= 15 is 0 Å². The van der Waals surface area contributed by atoms with Gasteiger partial charge in [0.15, 0.2) is 11.6 Å². The first-order valence-electron chi connectivity index (χ1n) is 4.35. The molecule has 0 N–H and O–H groups in total. The molecule has 0 radical (unpaired) electrons. The highest BCUT2D eigenvalue weighted by atomic mass is 35.5. The molecule has 0 amide bonds. The monoisotopic (exact) mass is 259 g/mol. The number of hydrogen-bond donors (Lipinski definition) is 0. The molecule has 1 heterocycles. The van der Waals surface area contributed by atoms with Crippen LogP contribution >= 0.6 is 23.2 Å². The summed E-state index contributed by atoms with van der Waals surface area (Å²) in [4.78, 5) is 3.77. The van der Waals surface area contributed by atoms with Crippen LogP contribution in [0.25, 0.3) is 11.1 Å². The lowest BCUT2D eigenvalue weighted by Gasteiger charge is -2.04. The molecule has 0 aliphatic heterocycles. The summed E-state index contributed by atoms with van der Waals surface area (Å²) in [5.74, 6) is -1.84. The van der Waals surface area contributed by atoms with Crippen LogP contribution in [0.5, 0.6) is 0 Å². The SMILES string of the molecule is Fc1cccc(-c2cnc(Cl)c(Cl)c2)c1F. The maximum absolute atomic E-state index is 13.4. The average molecular weight is 260 g/mol. The summed E-state index contributed by atoms with van der Waals surface area (Å²) in [6.07, 6.45) is 1.34. The molecule has 16 heavy (non-hydrogen) atoms. The lowest BCUT2D eigenvalue weighted by molar-refractivity contribution is 0.511. The Kier molecular flexibility index (Phi) is 3.08. The molecule has 2 rings (SSSR count). The van der Waals surface area contributed by atoms with Crippen LogP contribution in [0.15, 0.2) is 30.5 Å². The highest BCUT2D eigenvalue weighted by Crippen LogP contribution is 2.28. The Hall–Kier alpha value is -1.19. The van der Waals surface area contributed by atoms with E-state index in [9.17, 15) is 8.78 Å². The van der Waals surface area contributed by atoms with E-state index < -0.39 is 11.6 Å². The molecule has 1 nitrogen and oxygen atoms in total. The van der Waals surface area contributed by atoms with Crippen molar-refractivity contribution in [1.29, 1.82) is 0 Å². The van der Waals surface area contributed by atoms with E-state index in [4.69, 9.17) is 23.2 Å². The van der Waals surface area contributed by atoms with Crippen molar-refractivity contribution >= 4 is 23.2 Å². The third-order valence-electron chi connectivity index (χ3n) is 2.06. The minimum Gasteiger partial charge on any atom is -0.242 e.